The van der Waals surface area contributed by atoms with Crippen molar-refractivity contribution >= 4 is 15.7 Å². The Hall–Kier alpha value is -1.72. The minimum atomic E-state index is -4.84. The normalized spacial score (nSPS) is 11.0. The Morgan fingerprint density at radius 2 is 2.05 bits per heavy atom. The number of halogens is 3. The summed E-state index contributed by atoms with van der Waals surface area (Å²) >= 11 is 0. The topological polar surface area (TPSA) is 66.4 Å². The lowest BCUT2D eigenvalue weighted by atomic mass is 10.2. The molecular formula is C11H10F3NO3S. The van der Waals surface area contributed by atoms with Gasteiger partial charge < -0.3 is 5.11 Å². The number of hydrogen-bond acceptors (Lipinski definition) is 3. The highest BCUT2D eigenvalue weighted by Gasteiger charge is 2.24. The Labute approximate surface area is 108 Å². The summed E-state index contributed by atoms with van der Waals surface area (Å²) in [5.41, 5.74) is -0.329. The predicted molar refractivity (Wildman–Crippen MR) is 63.5 cm³/mol. The lowest BCUT2D eigenvalue weighted by Crippen LogP contribution is -2.21. The van der Waals surface area contributed by atoms with Crippen LogP contribution in [0.1, 0.15) is 12.0 Å². The number of hydrogen-bond donors (Lipinski definition) is 2. The highest BCUT2D eigenvalue weighted by Crippen LogP contribution is 2.19. The van der Waals surface area contributed by atoms with E-state index in [1.165, 1.54) is 0 Å². The second-order valence-corrected chi connectivity index (χ2v) is 5.02. The van der Waals surface area contributed by atoms with Crippen LogP contribution in [0, 0.1) is 17.7 Å². The number of sulfonamides is 1. The van der Waals surface area contributed by atoms with E-state index >= 15 is 0 Å². The van der Waals surface area contributed by atoms with Crippen molar-refractivity contribution in [1.82, 2.24) is 0 Å². The second-order valence-electron chi connectivity index (χ2n) is 3.37. The van der Waals surface area contributed by atoms with Gasteiger partial charge in [0, 0.05) is 6.42 Å². The van der Waals surface area contributed by atoms with E-state index < -0.39 is 21.6 Å². The summed E-state index contributed by atoms with van der Waals surface area (Å²) in [6.45, 7) is -0.222. The van der Waals surface area contributed by atoms with Crippen LogP contribution in [0.4, 0.5) is 18.9 Å². The van der Waals surface area contributed by atoms with E-state index in [1.807, 2.05) is 0 Å². The molecule has 0 spiro atoms. The first-order valence-corrected chi connectivity index (χ1v) is 6.60. The molecule has 0 heterocycles. The minimum absolute atomic E-state index is 0.0855. The molecule has 1 aromatic carbocycles. The average Bonchev–Trinajstić information content (AvgIpc) is 2.32. The van der Waals surface area contributed by atoms with Crippen LogP contribution in [0.25, 0.3) is 0 Å². The summed E-state index contributed by atoms with van der Waals surface area (Å²) in [4.78, 5) is 0. The Morgan fingerprint density at radius 3 is 2.63 bits per heavy atom. The number of anilines is 1. The molecule has 0 bridgehead atoms. The van der Waals surface area contributed by atoms with Crippen LogP contribution >= 0.6 is 0 Å². The maximum absolute atomic E-state index is 13.0. The van der Waals surface area contributed by atoms with Gasteiger partial charge in [0.25, 0.3) is 10.0 Å². The molecule has 1 aromatic rings. The van der Waals surface area contributed by atoms with E-state index in [2.05, 4.69) is 11.8 Å². The maximum Gasteiger partial charge on any atom is 0.355 e. The molecule has 0 aromatic heterocycles. The third kappa shape index (κ3) is 4.46. The third-order valence-electron chi connectivity index (χ3n) is 1.93. The van der Waals surface area contributed by atoms with E-state index in [0.717, 1.165) is 18.2 Å². The first-order valence-electron chi connectivity index (χ1n) is 5.06. The average molecular weight is 293 g/mol. The molecule has 0 aliphatic heterocycles. The van der Waals surface area contributed by atoms with Gasteiger partial charge in [-0.15, -0.1) is 0 Å². The van der Waals surface area contributed by atoms with Gasteiger partial charge in [0.15, 0.2) is 0 Å². The molecule has 0 radical (unpaired) electrons. The van der Waals surface area contributed by atoms with Gasteiger partial charge in [-0.25, -0.2) is 12.8 Å². The Morgan fingerprint density at radius 1 is 1.37 bits per heavy atom. The van der Waals surface area contributed by atoms with Crippen LogP contribution in [0.5, 0.6) is 0 Å². The van der Waals surface area contributed by atoms with E-state index in [9.17, 15) is 21.6 Å². The number of nitrogens with one attached hydrogen (secondary N) is 1. The van der Waals surface area contributed by atoms with Crippen molar-refractivity contribution in [2.75, 3.05) is 11.3 Å². The molecule has 4 nitrogen and oxygen atoms in total. The van der Waals surface area contributed by atoms with Crippen LogP contribution < -0.4 is 4.72 Å². The minimum Gasteiger partial charge on any atom is -0.395 e. The molecule has 0 aliphatic rings. The first-order chi connectivity index (χ1) is 8.86. The van der Waals surface area contributed by atoms with Crippen molar-refractivity contribution < 1.29 is 26.7 Å². The summed E-state index contributed by atoms with van der Waals surface area (Å²) in [7, 11) is -4.84. The second kappa shape index (κ2) is 6.45. The van der Waals surface area contributed by atoms with Gasteiger partial charge in [0.2, 0.25) is 0 Å². The Bertz CT molecular complexity index is 605. The van der Waals surface area contributed by atoms with Crippen LogP contribution in [-0.2, 0) is 10.0 Å². The summed E-state index contributed by atoms with van der Waals surface area (Å²) in [5, 5.41) is 8.54. The van der Waals surface area contributed by atoms with Gasteiger partial charge in [0.05, 0.1) is 17.9 Å². The zero-order valence-corrected chi connectivity index (χ0v) is 10.3. The summed E-state index contributed by atoms with van der Waals surface area (Å²) in [6, 6.07) is 2.83. The van der Waals surface area contributed by atoms with Crippen LogP contribution in [0.3, 0.4) is 0 Å². The molecule has 0 saturated carbocycles. The summed E-state index contributed by atoms with van der Waals surface area (Å²) in [5.74, 6) is 0.552. The summed E-state index contributed by atoms with van der Waals surface area (Å²) < 4.78 is 61.1. The maximum atomic E-state index is 13.0. The predicted octanol–water partition coefficient (Wildman–Crippen LogP) is 1.52. The highest BCUT2D eigenvalue weighted by atomic mass is 32.2. The number of benzene rings is 1. The molecule has 0 aliphatic carbocycles. The molecule has 104 valence electrons. The zero-order chi connectivity index (χ0) is 14.5. The lowest BCUT2D eigenvalue weighted by molar-refractivity contribution is 0.236. The molecule has 0 saturated heterocycles. The van der Waals surface area contributed by atoms with Crippen molar-refractivity contribution in [2.24, 2.45) is 0 Å². The first kappa shape index (κ1) is 15.3. The smallest absolute Gasteiger partial charge is 0.355 e. The van der Waals surface area contributed by atoms with Crippen molar-refractivity contribution in [3.8, 4) is 11.8 Å². The van der Waals surface area contributed by atoms with Crippen molar-refractivity contribution in [1.29, 1.82) is 0 Å². The fourth-order valence-electron chi connectivity index (χ4n) is 1.12. The number of alkyl halides is 2. The van der Waals surface area contributed by atoms with E-state index in [0.29, 0.717) is 0 Å². The van der Waals surface area contributed by atoms with Crippen LogP contribution in [0.2, 0.25) is 0 Å². The van der Waals surface area contributed by atoms with Crippen LogP contribution in [-0.4, -0.2) is 25.9 Å². The monoisotopic (exact) mass is 293 g/mol. The van der Waals surface area contributed by atoms with Crippen molar-refractivity contribution in [3.05, 3.63) is 29.6 Å². The molecule has 0 atom stereocenters. The van der Waals surface area contributed by atoms with Gasteiger partial charge in [-0.3, -0.25) is 4.72 Å². The van der Waals surface area contributed by atoms with Crippen molar-refractivity contribution in [2.45, 2.75) is 12.2 Å². The fourth-order valence-corrected chi connectivity index (χ4v) is 1.69. The zero-order valence-electron chi connectivity index (χ0n) is 9.53. The Kier molecular flexibility index (Phi) is 5.20. The van der Waals surface area contributed by atoms with Crippen LogP contribution in [0.15, 0.2) is 18.2 Å². The molecule has 0 unspecified atom stereocenters. The molecule has 1 rings (SSSR count). The van der Waals surface area contributed by atoms with Gasteiger partial charge in [0.1, 0.15) is 5.82 Å². The Balaban J connectivity index is 3.12. The van der Waals surface area contributed by atoms with Gasteiger partial charge >= 0.3 is 5.76 Å². The van der Waals surface area contributed by atoms with E-state index in [4.69, 9.17) is 5.11 Å². The largest absolute Gasteiger partial charge is 0.395 e. The van der Waals surface area contributed by atoms with Gasteiger partial charge in [-0.1, -0.05) is 11.8 Å². The molecule has 0 amide bonds. The molecule has 8 heteroatoms. The summed E-state index contributed by atoms with van der Waals surface area (Å²) in [6.07, 6.45) is 0.0948. The third-order valence-corrected chi connectivity index (χ3v) is 2.90. The number of rotatable bonds is 4. The molecular weight excluding hydrogens is 283 g/mol. The highest BCUT2D eigenvalue weighted by molar-refractivity contribution is 7.93. The van der Waals surface area contributed by atoms with E-state index in [-0.39, 0.29) is 24.3 Å². The number of aliphatic hydroxyl groups is 1. The fraction of sp³-hybridized carbons (Fsp3) is 0.273. The molecule has 19 heavy (non-hydrogen) atoms. The molecule has 2 N–H and O–H groups in total. The van der Waals surface area contributed by atoms with E-state index in [1.54, 1.807) is 4.72 Å². The SMILES string of the molecule is O=S(=O)(Nc1ccc(F)cc1C#CCCO)C(F)F. The number of aliphatic hydroxyl groups excluding tert-OH is 1. The quantitative estimate of drug-likeness (QED) is 0.827. The van der Waals surface area contributed by atoms with Gasteiger partial charge in [-0.05, 0) is 18.2 Å². The van der Waals surface area contributed by atoms with Gasteiger partial charge in [-0.2, -0.15) is 8.78 Å². The van der Waals surface area contributed by atoms with Crippen molar-refractivity contribution in [3.63, 3.8) is 0 Å². The lowest BCUT2D eigenvalue weighted by Gasteiger charge is -2.08. The standard InChI is InChI=1S/C11H10F3NO3S/c12-9-4-5-10(15-19(17,18)11(13)14)8(7-9)3-1-2-6-16/h4-5,7,11,15-16H,2,6H2. The molecule has 0 fully saturated rings.